The standard InChI is InChI=1S/C25H30N2O5/c1-2-31-22-12-10-20(11-13-22)18-23(24(29)26-15-16-28)27(32-17-14-19-8-9-19)25(30)21-6-4-3-5-7-21/h3-7,10-13,18-19,28H,2,8-9,14-17H2,1H3,(H,26,29)/b23-18-. The Bertz CT molecular complexity index is 908. The van der Waals surface area contributed by atoms with Crippen molar-refractivity contribution in [1.82, 2.24) is 10.4 Å². The van der Waals surface area contributed by atoms with Crippen molar-refractivity contribution in [1.29, 1.82) is 0 Å². The van der Waals surface area contributed by atoms with Crippen molar-refractivity contribution in [3.8, 4) is 5.75 Å². The third kappa shape index (κ3) is 6.93. The van der Waals surface area contributed by atoms with Gasteiger partial charge in [0, 0.05) is 12.1 Å². The summed E-state index contributed by atoms with van der Waals surface area (Å²) in [4.78, 5) is 32.1. The number of aliphatic hydroxyl groups is 1. The number of benzene rings is 2. The summed E-state index contributed by atoms with van der Waals surface area (Å²) in [5.74, 6) is 0.389. The predicted octanol–water partition coefficient (Wildman–Crippen LogP) is 3.41. The second-order valence-electron chi connectivity index (χ2n) is 7.54. The molecule has 7 nitrogen and oxygen atoms in total. The maximum Gasteiger partial charge on any atom is 0.282 e. The molecule has 170 valence electrons. The highest BCUT2D eigenvalue weighted by Gasteiger charge is 2.28. The van der Waals surface area contributed by atoms with E-state index in [4.69, 9.17) is 14.7 Å². The molecule has 0 saturated heterocycles. The van der Waals surface area contributed by atoms with Crippen molar-refractivity contribution in [2.45, 2.75) is 26.2 Å². The van der Waals surface area contributed by atoms with Crippen LogP contribution in [0.4, 0.5) is 0 Å². The zero-order valence-electron chi connectivity index (χ0n) is 18.3. The van der Waals surface area contributed by atoms with E-state index in [-0.39, 0.29) is 18.8 Å². The maximum atomic E-state index is 13.3. The van der Waals surface area contributed by atoms with E-state index in [9.17, 15) is 9.59 Å². The minimum absolute atomic E-state index is 0.0484. The highest BCUT2D eigenvalue weighted by Crippen LogP contribution is 2.32. The van der Waals surface area contributed by atoms with Gasteiger partial charge >= 0.3 is 0 Å². The van der Waals surface area contributed by atoms with Crippen LogP contribution in [0.3, 0.4) is 0 Å². The first-order valence-corrected chi connectivity index (χ1v) is 11.0. The zero-order valence-corrected chi connectivity index (χ0v) is 18.3. The van der Waals surface area contributed by atoms with Crippen molar-refractivity contribution >= 4 is 17.9 Å². The van der Waals surface area contributed by atoms with Gasteiger partial charge in [-0.1, -0.05) is 43.2 Å². The van der Waals surface area contributed by atoms with E-state index in [1.165, 1.54) is 12.8 Å². The molecule has 0 aromatic heterocycles. The summed E-state index contributed by atoms with van der Waals surface area (Å²) in [6.07, 6.45) is 4.76. The molecule has 32 heavy (non-hydrogen) atoms. The lowest BCUT2D eigenvalue weighted by Crippen LogP contribution is -2.39. The van der Waals surface area contributed by atoms with Crippen LogP contribution in [0.2, 0.25) is 0 Å². The lowest BCUT2D eigenvalue weighted by atomic mass is 10.1. The van der Waals surface area contributed by atoms with E-state index in [1.807, 2.05) is 13.0 Å². The average molecular weight is 439 g/mol. The lowest BCUT2D eigenvalue weighted by molar-refractivity contribution is -0.132. The first-order chi connectivity index (χ1) is 15.6. The molecule has 0 atom stereocenters. The van der Waals surface area contributed by atoms with Crippen LogP contribution in [0.5, 0.6) is 5.75 Å². The first kappa shape index (κ1) is 23.5. The largest absolute Gasteiger partial charge is 0.494 e. The number of ether oxygens (including phenoxy) is 1. The Morgan fingerprint density at radius 1 is 1.12 bits per heavy atom. The monoisotopic (exact) mass is 438 g/mol. The van der Waals surface area contributed by atoms with E-state index in [0.29, 0.717) is 36.0 Å². The van der Waals surface area contributed by atoms with Crippen molar-refractivity contribution in [3.63, 3.8) is 0 Å². The molecule has 2 N–H and O–H groups in total. The molecule has 1 aliphatic rings. The summed E-state index contributed by atoms with van der Waals surface area (Å²) < 4.78 is 5.47. The fourth-order valence-electron chi connectivity index (χ4n) is 3.11. The van der Waals surface area contributed by atoms with Gasteiger partial charge in [-0.25, -0.2) is 0 Å². The molecule has 0 unspecified atom stereocenters. The molecule has 0 spiro atoms. The average Bonchev–Trinajstić information content (AvgIpc) is 3.65. The number of carbonyl (C=O) groups excluding carboxylic acids is 2. The summed E-state index contributed by atoms with van der Waals surface area (Å²) in [5, 5.41) is 12.8. The van der Waals surface area contributed by atoms with Gasteiger partial charge in [-0.15, -0.1) is 0 Å². The highest BCUT2D eigenvalue weighted by atomic mass is 16.7. The molecule has 1 aliphatic carbocycles. The topological polar surface area (TPSA) is 88.1 Å². The fourth-order valence-corrected chi connectivity index (χ4v) is 3.11. The summed E-state index contributed by atoms with van der Waals surface area (Å²) in [6.45, 7) is 2.64. The molecule has 3 rings (SSSR count). The lowest BCUT2D eigenvalue weighted by Gasteiger charge is -2.24. The molecule has 1 fully saturated rings. The predicted molar refractivity (Wildman–Crippen MR) is 122 cm³/mol. The van der Waals surface area contributed by atoms with E-state index < -0.39 is 11.8 Å². The second-order valence-corrected chi connectivity index (χ2v) is 7.54. The SMILES string of the molecule is CCOc1ccc(/C=C(/C(=O)NCCO)N(OCCC2CC2)C(=O)c2ccccc2)cc1. The molecule has 2 aromatic carbocycles. The maximum absolute atomic E-state index is 13.3. The Morgan fingerprint density at radius 3 is 2.47 bits per heavy atom. The number of hydrogen-bond acceptors (Lipinski definition) is 5. The minimum Gasteiger partial charge on any atom is -0.494 e. The van der Waals surface area contributed by atoms with Crippen molar-refractivity contribution in [2.75, 3.05) is 26.4 Å². The van der Waals surface area contributed by atoms with Crippen molar-refractivity contribution in [3.05, 3.63) is 71.4 Å². The van der Waals surface area contributed by atoms with Crippen LogP contribution >= 0.6 is 0 Å². The third-order valence-corrected chi connectivity index (χ3v) is 4.99. The van der Waals surface area contributed by atoms with Crippen LogP contribution in [0.25, 0.3) is 6.08 Å². The van der Waals surface area contributed by atoms with E-state index in [0.717, 1.165) is 11.5 Å². The molecule has 0 bridgehead atoms. The second kappa shape index (κ2) is 12.0. The number of rotatable bonds is 12. The normalized spacial score (nSPS) is 13.5. The van der Waals surface area contributed by atoms with E-state index >= 15 is 0 Å². The van der Waals surface area contributed by atoms with E-state index in [1.54, 1.807) is 54.6 Å². The third-order valence-electron chi connectivity index (χ3n) is 4.99. The Balaban J connectivity index is 1.92. The highest BCUT2D eigenvalue weighted by molar-refractivity contribution is 6.04. The number of amides is 2. The van der Waals surface area contributed by atoms with Crippen LogP contribution in [0.15, 0.2) is 60.3 Å². The van der Waals surface area contributed by atoms with Crippen molar-refractivity contribution in [2.24, 2.45) is 5.92 Å². The number of aliphatic hydroxyl groups excluding tert-OH is 1. The molecule has 0 radical (unpaired) electrons. The van der Waals surface area contributed by atoms with Gasteiger partial charge < -0.3 is 15.2 Å². The van der Waals surface area contributed by atoms with E-state index in [2.05, 4.69) is 5.32 Å². The zero-order chi connectivity index (χ0) is 22.8. The Morgan fingerprint density at radius 2 is 1.84 bits per heavy atom. The van der Waals surface area contributed by atoms with Crippen LogP contribution in [0, 0.1) is 5.92 Å². The van der Waals surface area contributed by atoms with Gasteiger partial charge in [0.15, 0.2) is 0 Å². The Hall–Kier alpha value is -3.16. The molecule has 2 aromatic rings. The molecule has 1 saturated carbocycles. The number of nitrogens with one attached hydrogen (secondary N) is 1. The first-order valence-electron chi connectivity index (χ1n) is 11.0. The van der Waals surface area contributed by atoms with Gasteiger partial charge in [0.1, 0.15) is 11.4 Å². The number of hydrogen-bond donors (Lipinski definition) is 2. The smallest absolute Gasteiger partial charge is 0.282 e. The summed E-state index contributed by atoms with van der Waals surface area (Å²) in [6, 6.07) is 15.9. The Labute approximate surface area is 188 Å². The van der Waals surface area contributed by atoms with Gasteiger partial charge in [0.25, 0.3) is 11.8 Å². The molecule has 0 aliphatic heterocycles. The number of hydroxylamine groups is 2. The van der Waals surface area contributed by atoms with Crippen LogP contribution in [-0.4, -0.2) is 48.3 Å². The van der Waals surface area contributed by atoms with Gasteiger partial charge in [0.05, 0.1) is 19.8 Å². The summed E-state index contributed by atoms with van der Waals surface area (Å²) >= 11 is 0. The quantitative estimate of drug-likeness (QED) is 0.392. The number of carbonyl (C=O) groups is 2. The molecular formula is C25H30N2O5. The van der Waals surface area contributed by atoms with Gasteiger partial charge in [-0.05, 0) is 55.2 Å². The number of nitrogens with zero attached hydrogens (tertiary/aromatic N) is 1. The van der Waals surface area contributed by atoms with Crippen molar-refractivity contribution < 1.29 is 24.3 Å². The van der Waals surface area contributed by atoms with Gasteiger partial charge in [-0.2, -0.15) is 5.06 Å². The summed E-state index contributed by atoms with van der Waals surface area (Å²) in [7, 11) is 0. The fraction of sp³-hybridized carbons (Fsp3) is 0.360. The molecule has 7 heteroatoms. The van der Waals surface area contributed by atoms with Crippen LogP contribution in [-0.2, 0) is 9.63 Å². The molecule has 2 amide bonds. The van der Waals surface area contributed by atoms with Gasteiger partial charge in [-0.3, -0.25) is 14.4 Å². The molecule has 0 heterocycles. The Kier molecular flexibility index (Phi) is 8.83. The van der Waals surface area contributed by atoms with Gasteiger partial charge in [0.2, 0.25) is 0 Å². The summed E-state index contributed by atoms with van der Waals surface area (Å²) in [5.41, 5.74) is 1.16. The molecular weight excluding hydrogens is 408 g/mol. The van der Waals surface area contributed by atoms with Crippen LogP contribution in [0.1, 0.15) is 42.1 Å². The van der Waals surface area contributed by atoms with Crippen LogP contribution < -0.4 is 10.1 Å². The minimum atomic E-state index is -0.511.